The smallest absolute Gasteiger partial charge is 0.307 e. The molecule has 16 heavy (non-hydrogen) atoms. The van der Waals surface area contributed by atoms with Crippen molar-refractivity contribution in [3.8, 4) is 0 Å². The molecule has 0 aromatic carbocycles. The van der Waals surface area contributed by atoms with Crippen LogP contribution in [0.25, 0.3) is 0 Å². The zero-order valence-corrected chi connectivity index (χ0v) is 9.39. The number of carboxylic acid groups (broad SMARTS) is 1. The summed E-state index contributed by atoms with van der Waals surface area (Å²) in [5.74, 6) is -0.492. The molecule has 0 radical (unpaired) electrons. The number of ether oxygens (including phenoxy) is 1. The maximum Gasteiger partial charge on any atom is 0.307 e. The highest BCUT2D eigenvalue weighted by atomic mass is 16.5. The zero-order chi connectivity index (χ0) is 11.2. The van der Waals surface area contributed by atoms with Gasteiger partial charge in [-0.2, -0.15) is 0 Å². The Hall–Kier alpha value is -0.830. The van der Waals surface area contributed by atoms with Crippen molar-refractivity contribution >= 4 is 5.97 Å². The van der Waals surface area contributed by atoms with Crippen LogP contribution in [0.2, 0.25) is 0 Å². The Labute approximate surface area is 95.5 Å². The number of carboxylic acids is 1. The standard InChI is InChI=1S/C13H18O3/c14-12(15)11-8-13(4-3-9(11)6-13)7-10-2-1-5-16-10/h3-4,9-11H,1-2,5-8H2,(H,14,15). The van der Waals surface area contributed by atoms with Crippen molar-refractivity contribution in [1.29, 1.82) is 0 Å². The molecule has 0 spiro atoms. The van der Waals surface area contributed by atoms with Crippen LogP contribution in [-0.2, 0) is 9.53 Å². The van der Waals surface area contributed by atoms with Gasteiger partial charge in [0.2, 0.25) is 0 Å². The van der Waals surface area contributed by atoms with E-state index in [0.717, 1.165) is 38.7 Å². The van der Waals surface area contributed by atoms with Crippen LogP contribution in [0.15, 0.2) is 12.2 Å². The first-order chi connectivity index (χ1) is 7.69. The average molecular weight is 222 g/mol. The van der Waals surface area contributed by atoms with Gasteiger partial charge in [0.15, 0.2) is 0 Å². The lowest BCUT2D eigenvalue weighted by atomic mass is 9.79. The van der Waals surface area contributed by atoms with Crippen LogP contribution in [0.4, 0.5) is 0 Å². The van der Waals surface area contributed by atoms with Crippen molar-refractivity contribution in [1.82, 2.24) is 0 Å². The maximum absolute atomic E-state index is 11.1. The molecule has 3 aliphatic rings. The molecule has 4 unspecified atom stereocenters. The molecule has 0 amide bonds. The lowest BCUT2D eigenvalue weighted by Gasteiger charge is -2.27. The van der Waals surface area contributed by atoms with Crippen LogP contribution in [0.3, 0.4) is 0 Å². The minimum atomic E-state index is -0.622. The van der Waals surface area contributed by atoms with Crippen LogP contribution in [0.1, 0.15) is 32.1 Å². The summed E-state index contributed by atoms with van der Waals surface area (Å²) in [6.07, 6.45) is 9.96. The second-order valence-corrected chi connectivity index (χ2v) is 5.58. The van der Waals surface area contributed by atoms with Crippen LogP contribution in [0.5, 0.6) is 0 Å². The number of aliphatic carboxylic acids is 1. The fourth-order valence-electron chi connectivity index (χ4n) is 3.71. The van der Waals surface area contributed by atoms with E-state index in [2.05, 4.69) is 12.2 Å². The molecule has 1 heterocycles. The summed E-state index contributed by atoms with van der Waals surface area (Å²) in [7, 11) is 0. The Morgan fingerprint density at radius 2 is 2.38 bits per heavy atom. The molecule has 4 atom stereocenters. The Morgan fingerprint density at radius 3 is 3.00 bits per heavy atom. The number of hydrogen-bond donors (Lipinski definition) is 1. The third-order valence-electron chi connectivity index (χ3n) is 4.46. The predicted molar refractivity (Wildman–Crippen MR) is 59.0 cm³/mol. The van der Waals surface area contributed by atoms with E-state index in [1.165, 1.54) is 0 Å². The Bertz CT molecular complexity index is 330. The van der Waals surface area contributed by atoms with Crippen molar-refractivity contribution in [3.05, 3.63) is 12.2 Å². The molecule has 1 N–H and O–H groups in total. The van der Waals surface area contributed by atoms with Crippen LogP contribution in [-0.4, -0.2) is 23.8 Å². The zero-order valence-electron chi connectivity index (χ0n) is 9.39. The normalized spacial score (nSPS) is 45.4. The molecule has 0 aromatic heterocycles. The highest BCUT2D eigenvalue weighted by molar-refractivity contribution is 5.72. The summed E-state index contributed by atoms with van der Waals surface area (Å²) in [5.41, 5.74) is 0.142. The van der Waals surface area contributed by atoms with Crippen molar-refractivity contribution in [2.45, 2.75) is 38.2 Å². The molecular weight excluding hydrogens is 204 g/mol. The minimum Gasteiger partial charge on any atom is -0.481 e. The SMILES string of the molecule is O=C(O)C1CC2(CC3CCCO3)C=CC1C2. The highest BCUT2D eigenvalue weighted by Crippen LogP contribution is 2.55. The molecule has 2 aliphatic carbocycles. The van der Waals surface area contributed by atoms with E-state index in [4.69, 9.17) is 9.84 Å². The van der Waals surface area contributed by atoms with E-state index >= 15 is 0 Å². The summed E-state index contributed by atoms with van der Waals surface area (Å²) in [6, 6.07) is 0. The van der Waals surface area contributed by atoms with E-state index < -0.39 is 5.97 Å². The Balaban J connectivity index is 1.71. The van der Waals surface area contributed by atoms with Gasteiger partial charge in [-0.1, -0.05) is 12.2 Å². The molecule has 3 nitrogen and oxygen atoms in total. The number of carbonyl (C=O) groups is 1. The first-order valence-corrected chi connectivity index (χ1v) is 6.22. The number of hydrogen-bond acceptors (Lipinski definition) is 2. The topological polar surface area (TPSA) is 46.5 Å². The van der Waals surface area contributed by atoms with Gasteiger partial charge in [0, 0.05) is 6.61 Å². The summed E-state index contributed by atoms with van der Waals surface area (Å²) < 4.78 is 5.67. The molecular formula is C13H18O3. The minimum absolute atomic E-state index is 0.142. The van der Waals surface area contributed by atoms with Gasteiger partial charge in [-0.15, -0.1) is 0 Å². The van der Waals surface area contributed by atoms with Crippen LogP contribution >= 0.6 is 0 Å². The molecule has 1 saturated carbocycles. The van der Waals surface area contributed by atoms with Gasteiger partial charge in [-0.25, -0.2) is 0 Å². The lowest BCUT2D eigenvalue weighted by Crippen LogP contribution is -2.24. The lowest BCUT2D eigenvalue weighted by molar-refractivity contribution is -0.142. The van der Waals surface area contributed by atoms with E-state index in [0.29, 0.717) is 6.10 Å². The van der Waals surface area contributed by atoms with Crippen LogP contribution < -0.4 is 0 Å². The van der Waals surface area contributed by atoms with Crippen molar-refractivity contribution in [2.75, 3.05) is 6.61 Å². The second kappa shape index (κ2) is 3.59. The predicted octanol–water partition coefficient (Wildman–Crippen LogP) is 2.22. The molecule has 1 aliphatic heterocycles. The molecule has 3 heteroatoms. The summed E-state index contributed by atoms with van der Waals surface area (Å²) in [5, 5.41) is 9.15. The van der Waals surface area contributed by atoms with Gasteiger partial charge in [-0.05, 0) is 43.4 Å². The van der Waals surface area contributed by atoms with Crippen molar-refractivity contribution in [3.63, 3.8) is 0 Å². The average Bonchev–Trinajstić information content (AvgIpc) is 2.92. The van der Waals surface area contributed by atoms with Gasteiger partial charge in [0.25, 0.3) is 0 Å². The summed E-state index contributed by atoms with van der Waals surface area (Å²) in [4.78, 5) is 11.1. The van der Waals surface area contributed by atoms with E-state index in [1.807, 2.05) is 0 Å². The first kappa shape index (κ1) is 10.3. The van der Waals surface area contributed by atoms with Gasteiger partial charge < -0.3 is 9.84 Å². The molecule has 2 fully saturated rings. The fraction of sp³-hybridized carbons (Fsp3) is 0.769. The van der Waals surface area contributed by atoms with Gasteiger partial charge >= 0.3 is 5.97 Å². The third kappa shape index (κ3) is 1.58. The number of allylic oxidation sites excluding steroid dienone is 2. The quantitative estimate of drug-likeness (QED) is 0.745. The van der Waals surface area contributed by atoms with Gasteiger partial charge in [0.05, 0.1) is 12.0 Å². The fourth-order valence-corrected chi connectivity index (χ4v) is 3.71. The largest absolute Gasteiger partial charge is 0.481 e. The van der Waals surface area contributed by atoms with E-state index in [-0.39, 0.29) is 17.3 Å². The van der Waals surface area contributed by atoms with E-state index in [9.17, 15) is 4.79 Å². The summed E-state index contributed by atoms with van der Waals surface area (Å²) in [6.45, 7) is 0.885. The highest BCUT2D eigenvalue weighted by Gasteiger charge is 2.50. The van der Waals surface area contributed by atoms with Crippen LogP contribution in [0, 0.1) is 17.3 Å². The third-order valence-corrected chi connectivity index (χ3v) is 4.46. The van der Waals surface area contributed by atoms with Crippen molar-refractivity contribution < 1.29 is 14.6 Å². The van der Waals surface area contributed by atoms with Crippen molar-refractivity contribution in [2.24, 2.45) is 17.3 Å². The second-order valence-electron chi connectivity index (χ2n) is 5.58. The molecule has 2 bridgehead atoms. The molecule has 88 valence electrons. The summed E-state index contributed by atoms with van der Waals surface area (Å²) >= 11 is 0. The monoisotopic (exact) mass is 222 g/mol. The first-order valence-electron chi connectivity index (χ1n) is 6.22. The maximum atomic E-state index is 11.1. The van der Waals surface area contributed by atoms with Gasteiger partial charge in [0.1, 0.15) is 0 Å². The number of fused-ring (bicyclic) bond motifs is 2. The molecule has 1 saturated heterocycles. The van der Waals surface area contributed by atoms with Gasteiger partial charge in [-0.3, -0.25) is 4.79 Å². The molecule has 3 rings (SSSR count). The van der Waals surface area contributed by atoms with E-state index in [1.54, 1.807) is 0 Å². The Morgan fingerprint density at radius 1 is 1.50 bits per heavy atom. The molecule has 0 aromatic rings. The Kier molecular flexibility index (Phi) is 2.32. The number of rotatable bonds is 3.